The third kappa shape index (κ3) is 7.94. The van der Waals surface area contributed by atoms with Gasteiger partial charge in [0.2, 0.25) is 5.91 Å². The molecule has 0 radical (unpaired) electrons. The average Bonchev–Trinajstić information content (AvgIpc) is 3.75. The van der Waals surface area contributed by atoms with Gasteiger partial charge in [0.1, 0.15) is 42.4 Å². The van der Waals surface area contributed by atoms with E-state index in [-0.39, 0.29) is 43.4 Å². The first-order valence-electron chi connectivity index (χ1n) is 20.7. The molecule has 2 N–H and O–H groups in total. The molecule has 0 aliphatic carbocycles. The highest BCUT2D eigenvalue weighted by Crippen LogP contribution is 2.66. The van der Waals surface area contributed by atoms with E-state index in [0.29, 0.717) is 35.3 Å². The fourth-order valence-corrected chi connectivity index (χ4v) is 9.41. The molecule has 3 heterocycles. The Balaban J connectivity index is 1.38. The lowest BCUT2D eigenvalue weighted by molar-refractivity contribution is -0.179. The summed E-state index contributed by atoms with van der Waals surface area (Å²) in [5.41, 5.74) is 1.30. The number of anilines is 1. The van der Waals surface area contributed by atoms with Gasteiger partial charge in [0, 0.05) is 24.8 Å². The van der Waals surface area contributed by atoms with Gasteiger partial charge in [-0.15, -0.1) is 0 Å². The summed E-state index contributed by atoms with van der Waals surface area (Å²) in [5.74, 6) is 1.62. The molecule has 3 aliphatic rings. The molecule has 6 atom stereocenters. The van der Waals surface area contributed by atoms with Crippen molar-refractivity contribution in [3.63, 3.8) is 0 Å². The number of hydrogen-bond donors (Lipinski definition) is 2. The van der Waals surface area contributed by atoms with E-state index in [4.69, 9.17) is 18.9 Å². The zero-order chi connectivity index (χ0) is 44.1. The van der Waals surface area contributed by atoms with Crippen LogP contribution < -0.4 is 9.64 Å². The van der Waals surface area contributed by atoms with Crippen molar-refractivity contribution in [3.05, 3.63) is 167 Å². The van der Waals surface area contributed by atoms with Crippen molar-refractivity contribution in [2.24, 2.45) is 5.92 Å². The first-order chi connectivity index (χ1) is 30.7. The van der Waals surface area contributed by atoms with Crippen molar-refractivity contribution in [2.45, 2.75) is 36.2 Å². The number of hydrogen-bond acceptors (Lipinski definition) is 11. The van der Waals surface area contributed by atoms with Crippen molar-refractivity contribution in [2.75, 3.05) is 52.0 Å². The number of methoxy groups -OCH3 is 1. The van der Waals surface area contributed by atoms with Crippen LogP contribution in [0.2, 0.25) is 0 Å². The third-order valence-electron chi connectivity index (χ3n) is 11.9. The van der Waals surface area contributed by atoms with Gasteiger partial charge in [-0.3, -0.25) is 24.2 Å². The lowest BCUT2D eigenvalue weighted by Crippen LogP contribution is -2.53. The quantitative estimate of drug-likeness (QED) is 0.0803. The number of aliphatic hydroxyl groups is 1. The number of nitrogens with zero attached hydrogens (tertiary/aromatic N) is 3. The van der Waals surface area contributed by atoms with E-state index in [1.165, 1.54) is 7.11 Å². The predicted octanol–water partition coefficient (Wildman–Crippen LogP) is 6.07. The number of rotatable bonds is 13. The summed E-state index contributed by atoms with van der Waals surface area (Å²) in [5, 5.41) is 21.5. The lowest BCUT2D eigenvalue weighted by Gasteiger charge is -2.46. The van der Waals surface area contributed by atoms with E-state index < -0.39 is 59.5 Å². The number of carbonyl (C=O) groups is 4. The molecule has 2 amide bonds. The number of morpholine rings is 1. The van der Waals surface area contributed by atoms with Gasteiger partial charge in [-0.1, -0.05) is 121 Å². The molecule has 5 aromatic carbocycles. The zero-order valence-electron chi connectivity index (χ0n) is 34.8. The van der Waals surface area contributed by atoms with Crippen molar-refractivity contribution in [1.82, 2.24) is 9.80 Å². The number of ether oxygens (including phenoxy) is 4. The largest absolute Gasteiger partial charge is 0.491 e. The highest BCUT2D eigenvalue weighted by Gasteiger charge is 2.76. The first-order valence-corrected chi connectivity index (χ1v) is 20.7. The Bertz CT molecular complexity index is 2530. The monoisotopic (exact) mass is 849 g/mol. The van der Waals surface area contributed by atoms with E-state index in [0.717, 1.165) is 10.5 Å². The fourth-order valence-electron chi connectivity index (χ4n) is 9.41. The van der Waals surface area contributed by atoms with E-state index in [1.807, 2.05) is 103 Å². The molecular weight excluding hydrogens is 803 g/mol. The van der Waals surface area contributed by atoms with Crippen molar-refractivity contribution >= 4 is 29.6 Å². The van der Waals surface area contributed by atoms with Gasteiger partial charge in [0.05, 0.1) is 37.5 Å². The maximum Gasteiger partial charge on any atom is 0.421 e. The molecule has 0 aromatic heterocycles. The van der Waals surface area contributed by atoms with Crippen LogP contribution in [0.15, 0.2) is 133 Å². The SMILES string of the molecule is COCCOC(=O)N1C(=O)[C@@]2(c3cc(C#CCN(C)Cc4ccccc4)ccc31)[C@H](c1ccccc1OCCO)N1[C@H](c3ccccc3)[C@H](c3ccccc3)OC(=O)[C@H]1[C@@H]2C(=O)O. The van der Waals surface area contributed by atoms with Gasteiger partial charge in [0.15, 0.2) is 0 Å². The number of fused-ring (bicyclic) bond motifs is 3. The molecule has 63 heavy (non-hydrogen) atoms. The van der Waals surface area contributed by atoms with Crippen LogP contribution >= 0.6 is 0 Å². The fraction of sp³-hybridized carbons (Fsp3) is 0.280. The molecule has 13 nitrogen and oxygen atoms in total. The zero-order valence-corrected chi connectivity index (χ0v) is 34.8. The molecule has 0 saturated carbocycles. The molecule has 2 saturated heterocycles. The second-order valence-corrected chi connectivity index (χ2v) is 15.7. The second-order valence-electron chi connectivity index (χ2n) is 15.7. The summed E-state index contributed by atoms with van der Waals surface area (Å²) in [7, 11) is 3.39. The summed E-state index contributed by atoms with van der Waals surface area (Å²) >= 11 is 0. The minimum absolute atomic E-state index is 0.0380. The molecule has 2 fully saturated rings. The molecule has 3 aliphatic heterocycles. The van der Waals surface area contributed by atoms with Crippen LogP contribution in [0.1, 0.15) is 51.6 Å². The summed E-state index contributed by atoms with van der Waals surface area (Å²) in [4.78, 5) is 64.0. The topological polar surface area (TPSA) is 155 Å². The molecule has 0 bridgehead atoms. The number of cyclic esters (lactones) is 1. The normalized spacial score (nSPS) is 22.5. The summed E-state index contributed by atoms with van der Waals surface area (Å²) in [6.45, 7) is 0.411. The number of carbonyl (C=O) groups excluding carboxylic acids is 3. The minimum Gasteiger partial charge on any atom is -0.491 e. The van der Waals surface area contributed by atoms with Crippen LogP contribution in [0.5, 0.6) is 5.75 Å². The van der Waals surface area contributed by atoms with Crippen molar-refractivity contribution in [3.8, 4) is 17.6 Å². The molecule has 5 aromatic rings. The highest BCUT2D eigenvalue weighted by molar-refractivity contribution is 6.23. The molecular formula is C50H47N3O10. The number of esters is 1. The van der Waals surface area contributed by atoms with Crippen LogP contribution in [0, 0.1) is 17.8 Å². The van der Waals surface area contributed by atoms with E-state index >= 15 is 4.79 Å². The Hall–Kier alpha value is -6.82. The van der Waals surface area contributed by atoms with E-state index in [1.54, 1.807) is 47.4 Å². The van der Waals surface area contributed by atoms with Gasteiger partial charge in [-0.25, -0.2) is 9.69 Å². The van der Waals surface area contributed by atoms with Crippen molar-refractivity contribution in [1.29, 1.82) is 0 Å². The molecule has 322 valence electrons. The number of aliphatic carboxylic acids is 1. The number of imide groups is 1. The van der Waals surface area contributed by atoms with Crippen molar-refractivity contribution < 1.29 is 48.3 Å². The number of carboxylic acids is 1. The molecule has 0 unspecified atom stereocenters. The first kappa shape index (κ1) is 42.9. The summed E-state index contributed by atoms with van der Waals surface area (Å²) < 4.78 is 23.2. The highest BCUT2D eigenvalue weighted by atomic mass is 16.6. The Morgan fingerprint density at radius 1 is 0.825 bits per heavy atom. The Morgan fingerprint density at radius 3 is 2.17 bits per heavy atom. The molecule has 1 spiro atoms. The van der Waals surface area contributed by atoms with Crippen LogP contribution in [0.25, 0.3) is 0 Å². The van der Waals surface area contributed by atoms with Gasteiger partial charge in [-0.2, -0.15) is 0 Å². The van der Waals surface area contributed by atoms with Crippen LogP contribution in [-0.4, -0.2) is 97.1 Å². The Morgan fingerprint density at radius 2 is 1.49 bits per heavy atom. The van der Waals surface area contributed by atoms with E-state index in [2.05, 4.69) is 11.8 Å². The minimum atomic E-state index is -2.20. The average molecular weight is 850 g/mol. The molecule has 13 heteroatoms. The van der Waals surface area contributed by atoms with Crippen LogP contribution in [0.4, 0.5) is 10.5 Å². The summed E-state index contributed by atoms with van der Waals surface area (Å²) in [6.07, 6.45) is -2.01. The van der Waals surface area contributed by atoms with Crippen LogP contribution in [-0.2, 0) is 40.6 Å². The summed E-state index contributed by atoms with van der Waals surface area (Å²) in [6, 6.07) is 36.4. The molecule has 8 rings (SSSR count). The predicted molar refractivity (Wildman–Crippen MR) is 231 cm³/mol. The lowest BCUT2D eigenvalue weighted by atomic mass is 9.65. The van der Waals surface area contributed by atoms with Crippen LogP contribution in [0.3, 0.4) is 0 Å². The Kier molecular flexibility index (Phi) is 12.7. The maximum atomic E-state index is 15.9. The smallest absolute Gasteiger partial charge is 0.421 e. The van der Waals surface area contributed by atoms with Gasteiger partial charge >= 0.3 is 18.0 Å². The van der Waals surface area contributed by atoms with Gasteiger partial charge < -0.3 is 29.2 Å². The number of benzene rings is 5. The Labute approximate surface area is 365 Å². The number of para-hydroxylation sites is 1. The number of aliphatic hydroxyl groups excluding tert-OH is 1. The second kappa shape index (κ2) is 18.7. The number of amides is 2. The third-order valence-corrected chi connectivity index (χ3v) is 11.9. The van der Waals surface area contributed by atoms with Gasteiger partial charge in [-0.05, 0) is 53.6 Å². The standard InChI is InChI=1S/C50H47N3O10/c1-51(32-34-15-6-3-7-16-34)26-14-17-33-24-25-39-38(31-33)50(48(58)52(39)49(59)62-30-29-60-2)41(46(55)56)43-47(57)63-44(36-20-10-5-11-21-36)42(35-18-8-4-9-19-35)53(43)45(50)37-22-12-13-23-40(37)61-28-27-54/h3-13,15-16,18-25,31,41-45,54H,26-30,32H2,1-2H3,(H,55,56)/t41-,42-,43-,44+,45+,50-/m1/s1. The number of carboxylic acid groups (broad SMARTS) is 1. The van der Waals surface area contributed by atoms with E-state index in [9.17, 15) is 24.6 Å². The maximum absolute atomic E-state index is 15.9. The van der Waals surface area contributed by atoms with Gasteiger partial charge in [0.25, 0.3) is 0 Å².